The fraction of sp³-hybridized carbons (Fsp3) is 0.485. The number of methoxy groups -OCH3 is 1. The molecule has 0 bridgehead atoms. The lowest BCUT2D eigenvalue weighted by molar-refractivity contribution is -0.147. The van der Waals surface area contributed by atoms with Gasteiger partial charge in [0.25, 0.3) is 0 Å². The summed E-state index contributed by atoms with van der Waals surface area (Å²) >= 11 is 0. The third-order valence-electron chi connectivity index (χ3n) is 7.40. The SMILES string of the molecule is CCCCCC(OC(C)=O)c1ccc([C@@H]2CC(c3ccc(C/C=C\CCCC(=O)OC)cc3)CC2=O)cc1. The number of esters is 2. The predicted molar refractivity (Wildman–Crippen MR) is 150 cm³/mol. The second-order valence-corrected chi connectivity index (χ2v) is 10.3. The van der Waals surface area contributed by atoms with Gasteiger partial charge < -0.3 is 9.47 Å². The molecule has 0 amide bonds. The van der Waals surface area contributed by atoms with Crippen molar-refractivity contribution in [2.24, 2.45) is 0 Å². The van der Waals surface area contributed by atoms with Gasteiger partial charge in [0.1, 0.15) is 11.9 Å². The third-order valence-corrected chi connectivity index (χ3v) is 7.40. The molecule has 1 fully saturated rings. The van der Waals surface area contributed by atoms with Crippen molar-refractivity contribution in [3.05, 3.63) is 82.9 Å². The number of ether oxygens (including phenoxy) is 2. The maximum Gasteiger partial charge on any atom is 0.305 e. The Bertz CT molecular complexity index is 1070. The standard InChI is InChI=1S/C33H42O5/c1-4-5-8-12-32(38-24(2)34)28-20-18-27(19-21-28)30-22-29(23-31(30)35)26-16-14-25(15-17-26)11-9-6-7-10-13-33(36)37-3/h6,9,14-21,29-30,32H,4-5,7-8,10-13,22-23H2,1-3H3/b9-6-/t29?,30-,32?/m0/s1. The highest BCUT2D eigenvalue weighted by molar-refractivity contribution is 5.89. The average Bonchev–Trinajstić information content (AvgIpc) is 3.31. The Balaban J connectivity index is 1.54. The lowest BCUT2D eigenvalue weighted by atomic mass is 9.91. The quantitative estimate of drug-likeness (QED) is 0.147. The molecule has 0 saturated heterocycles. The summed E-state index contributed by atoms with van der Waals surface area (Å²) in [7, 11) is 1.42. The van der Waals surface area contributed by atoms with E-state index in [4.69, 9.17) is 4.74 Å². The van der Waals surface area contributed by atoms with E-state index in [1.807, 2.05) is 24.3 Å². The van der Waals surface area contributed by atoms with Gasteiger partial charge in [0, 0.05) is 25.7 Å². The highest BCUT2D eigenvalue weighted by Gasteiger charge is 2.34. The van der Waals surface area contributed by atoms with Crippen LogP contribution in [-0.2, 0) is 30.3 Å². The van der Waals surface area contributed by atoms with Crippen LogP contribution in [0.1, 0.15) is 112 Å². The summed E-state index contributed by atoms with van der Waals surface area (Å²) in [4.78, 5) is 35.7. The van der Waals surface area contributed by atoms with Gasteiger partial charge in [-0.25, -0.2) is 0 Å². The second-order valence-electron chi connectivity index (χ2n) is 10.3. The molecule has 0 aliphatic heterocycles. The molecular formula is C33H42O5. The van der Waals surface area contributed by atoms with Crippen LogP contribution >= 0.6 is 0 Å². The van der Waals surface area contributed by atoms with Crippen molar-refractivity contribution in [1.29, 1.82) is 0 Å². The number of hydrogen-bond donors (Lipinski definition) is 0. The molecule has 5 nitrogen and oxygen atoms in total. The van der Waals surface area contributed by atoms with Gasteiger partial charge in [-0.2, -0.15) is 0 Å². The van der Waals surface area contributed by atoms with Crippen molar-refractivity contribution >= 4 is 17.7 Å². The minimum absolute atomic E-state index is 0.0890. The minimum atomic E-state index is -0.262. The van der Waals surface area contributed by atoms with Crippen LogP contribution in [0.3, 0.4) is 0 Å². The zero-order chi connectivity index (χ0) is 27.3. The third kappa shape index (κ3) is 8.97. The molecule has 3 rings (SSSR count). The van der Waals surface area contributed by atoms with Gasteiger partial charge in [-0.3, -0.25) is 14.4 Å². The van der Waals surface area contributed by atoms with Crippen molar-refractivity contribution in [3.8, 4) is 0 Å². The molecule has 3 atom stereocenters. The Morgan fingerprint density at radius 1 is 0.974 bits per heavy atom. The molecule has 1 aliphatic rings. The summed E-state index contributed by atoms with van der Waals surface area (Å²) < 4.78 is 10.2. The molecule has 38 heavy (non-hydrogen) atoms. The maximum atomic E-state index is 12.9. The van der Waals surface area contributed by atoms with E-state index in [0.717, 1.165) is 62.5 Å². The Morgan fingerprint density at radius 2 is 1.68 bits per heavy atom. The molecular weight excluding hydrogens is 476 g/mol. The van der Waals surface area contributed by atoms with Gasteiger partial charge in [-0.15, -0.1) is 0 Å². The molecule has 1 aliphatic carbocycles. The van der Waals surface area contributed by atoms with Crippen molar-refractivity contribution in [2.75, 3.05) is 7.11 Å². The number of Topliss-reactive ketones (excluding diaryl/α,β-unsaturated/α-hetero) is 1. The fourth-order valence-corrected chi connectivity index (χ4v) is 5.21. The zero-order valence-electron chi connectivity index (χ0n) is 23.1. The van der Waals surface area contributed by atoms with Gasteiger partial charge in [0.2, 0.25) is 0 Å². The normalized spacial score (nSPS) is 18.0. The van der Waals surface area contributed by atoms with E-state index < -0.39 is 0 Å². The molecule has 0 radical (unpaired) electrons. The summed E-state index contributed by atoms with van der Waals surface area (Å²) in [6, 6.07) is 16.7. The fourth-order valence-electron chi connectivity index (χ4n) is 5.21. The van der Waals surface area contributed by atoms with Gasteiger partial charge >= 0.3 is 11.9 Å². The van der Waals surface area contributed by atoms with Crippen molar-refractivity contribution in [3.63, 3.8) is 0 Å². The first kappa shape index (κ1) is 29.3. The lowest BCUT2D eigenvalue weighted by Crippen LogP contribution is -2.09. The van der Waals surface area contributed by atoms with Crippen LogP contribution in [0, 0.1) is 0 Å². The number of unbranched alkanes of at least 4 members (excludes halogenated alkanes) is 3. The number of hydrogen-bond acceptors (Lipinski definition) is 5. The number of benzene rings is 2. The van der Waals surface area contributed by atoms with Crippen LogP contribution in [-0.4, -0.2) is 24.8 Å². The highest BCUT2D eigenvalue weighted by atomic mass is 16.5. The molecule has 2 unspecified atom stereocenters. The zero-order valence-corrected chi connectivity index (χ0v) is 23.1. The molecule has 0 heterocycles. The Morgan fingerprint density at radius 3 is 2.34 bits per heavy atom. The Hall–Kier alpha value is -3.21. The monoisotopic (exact) mass is 518 g/mol. The van der Waals surface area contributed by atoms with Crippen LogP contribution in [0.25, 0.3) is 0 Å². The molecule has 204 valence electrons. The largest absolute Gasteiger partial charge is 0.469 e. The maximum absolute atomic E-state index is 12.9. The minimum Gasteiger partial charge on any atom is -0.469 e. The smallest absolute Gasteiger partial charge is 0.305 e. The highest BCUT2D eigenvalue weighted by Crippen LogP contribution is 2.41. The summed E-state index contributed by atoms with van der Waals surface area (Å²) in [6.07, 6.45) is 12.5. The summed E-state index contributed by atoms with van der Waals surface area (Å²) in [6.45, 7) is 3.62. The number of carbonyl (C=O) groups is 3. The second kappa shape index (κ2) is 15.3. The summed E-state index contributed by atoms with van der Waals surface area (Å²) in [5.41, 5.74) is 4.49. The summed E-state index contributed by atoms with van der Waals surface area (Å²) in [5, 5.41) is 0. The topological polar surface area (TPSA) is 69.7 Å². The van der Waals surface area contributed by atoms with Gasteiger partial charge in [0.05, 0.1) is 7.11 Å². The lowest BCUT2D eigenvalue weighted by Gasteiger charge is -2.18. The number of ketones is 1. The van der Waals surface area contributed by atoms with Crippen LogP contribution in [0.4, 0.5) is 0 Å². The van der Waals surface area contributed by atoms with Crippen LogP contribution < -0.4 is 0 Å². The van der Waals surface area contributed by atoms with Gasteiger partial charge in [-0.05, 0) is 66.7 Å². The van der Waals surface area contributed by atoms with Crippen LogP contribution in [0.5, 0.6) is 0 Å². The molecule has 2 aromatic rings. The van der Waals surface area contributed by atoms with Gasteiger partial charge in [0.15, 0.2) is 0 Å². The molecule has 2 aromatic carbocycles. The first-order valence-electron chi connectivity index (χ1n) is 14.0. The van der Waals surface area contributed by atoms with Crippen molar-refractivity contribution in [2.45, 2.75) is 96.0 Å². The van der Waals surface area contributed by atoms with E-state index >= 15 is 0 Å². The van der Waals surface area contributed by atoms with Crippen LogP contribution in [0.15, 0.2) is 60.7 Å². The van der Waals surface area contributed by atoms with E-state index in [1.165, 1.54) is 25.2 Å². The molecule has 5 heteroatoms. The Kier molecular flexibility index (Phi) is 11.8. The van der Waals surface area contributed by atoms with E-state index in [-0.39, 0.29) is 29.9 Å². The average molecular weight is 519 g/mol. The first-order valence-corrected chi connectivity index (χ1v) is 14.0. The molecule has 1 saturated carbocycles. The van der Waals surface area contributed by atoms with E-state index in [1.54, 1.807) is 0 Å². The molecule has 0 aromatic heterocycles. The van der Waals surface area contributed by atoms with E-state index in [2.05, 4.69) is 48.1 Å². The number of rotatable bonds is 14. The van der Waals surface area contributed by atoms with Crippen molar-refractivity contribution < 1.29 is 23.9 Å². The molecule has 0 N–H and O–H groups in total. The van der Waals surface area contributed by atoms with Crippen LogP contribution in [0.2, 0.25) is 0 Å². The predicted octanol–water partition coefficient (Wildman–Crippen LogP) is 7.54. The summed E-state index contributed by atoms with van der Waals surface area (Å²) in [5.74, 6) is 0.0134. The molecule has 0 spiro atoms. The number of allylic oxidation sites excluding steroid dienone is 2. The van der Waals surface area contributed by atoms with E-state index in [9.17, 15) is 14.4 Å². The first-order chi connectivity index (χ1) is 18.4. The van der Waals surface area contributed by atoms with E-state index in [0.29, 0.717) is 18.6 Å². The number of carbonyl (C=O) groups excluding carboxylic acids is 3. The van der Waals surface area contributed by atoms with Gasteiger partial charge in [-0.1, -0.05) is 80.4 Å². The Labute approximate surface area is 227 Å². The van der Waals surface area contributed by atoms with Crippen molar-refractivity contribution in [1.82, 2.24) is 0 Å².